The summed E-state index contributed by atoms with van der Waals surface area (Å²) in [5, 5.41) is 0. The van der Waals surface area contributed by atoms with Gasteiger partial charge in [0.15, 0.2) is 0 Å². The van der Waals surface area contributed by atoms with E-state index in [0.29, 0.717) is 18.3 Å². The molecule has 2 unspecified atom stereocenters. The van der Waals surface area contributed by atoms with Gasteiger partial charge >= 0.3 is 0 Å². The van der Waals surface area contributed by atoms with E-state index in [1.54, 1.807) is 11.8 Å². The zero-order valence-electron chi connectivity index (χ0n) is 14.0. The molecule has 0 radical (unpaired) electrons. The van der Waals surface area contributed by atoms with Crippen LogP contribution in [0.2, 0.25) is 0 Å². The fourth-order valence-electron chi connectivity index (χ4n) is 3.90. The van der Waals surface area contributed by atoms with Gasteiger partial charge in [0.05, 0.1) is 12.5 Å². The van der Waals surface area contributed by atoms with Gasteiger partial charge in [-0.3, -0.25) is 9.59 Å². The highest BCUT2D eigenvalue weighted by atomic mass is 32.2. The van der Waals surface area contributed by atoms with Crippen LogP contribution in [0.25, 0.3) is 0 Å². The van der Waals surface area contributed by atoms with Gasteiger partial charge in [-0.25, -0.2) is 0 Å². The molecule has 5 nitrogen and oxygen atoms in total. The third kappa shape index (κ3) is 3.85. The fourth-order valence-corrected chi connectivity index (χ4v) is 5.05. The molecule has 23 heavy (non-hydrogen) atoms. The Bertz CT molecular complexity index is 434. The van der Waals surface area contributed by atoms with E-state index in [4.69, 9.17) is 4.74 Å². The van der Waals surface area contributed by atoms with E-state index >= 15 is 0 Å². The first-order valence-electron chi connectivity index (χ1n) is 8.95. The molecule has 0 N–H and O–H groups in total. The molecule has 130 valence electrons. The van der Waals surface area contributed by atoms with Crippen LogP contribution in [0.15, 0.2) is 0 Å². The van der Waals surface area contributed by atoms with E-state index in [1.807, 2.05) is 16.7 Å². The Morgan fingerprint density at radius 2 is 2.04 bits per heavy atom. The maximum Gasteiger partial charge on any atom is 0.246 e. The number of rotatable bonds is 5. The third-order valence-corrected chi connectivity index (χ3v) is 6.36. The van der Waals surface area contributed by atoms with Gasteiger partial charge in [0.25, 0.3) is 0 Å². The number of hydrogen-bond donors (Lipinski definition) is 0. The van der Waals surface area contributed by atoms with Crippen molar-refractivity contribution in [1.29, 1.82) is 0 Å². The first-order chi connectivity index (χ1) is 11.2. The summed E-state index contributed by atoms with van der Waals surface area (Å²) in [6.07, 6.45) is 5.33. The summed E-state index contributed by atoms with van der Waals surface area (Å²) in [6.45, 7) is 5.07. The summed E-state index contributed by atoms with van der Waals surface area (Å²) in [4.78, 5) is 29.5. The van der Waals surface area contributed by atoms with Crippen LogP contribution < -0.4 is 0 Å². The lowest BCUT2D eigenvalue weighted by atomic mass is 10.1. The van der Waals surface area contributed by atoms with Crippen molar-refractivity contribution in [2.24, 2.45) is 11.8 Å². The SMILES string of the molecule is CCN(CC1CCOC1)C(=O)C1CSCN1C(=O)C1CCCC1. The Labute approximate surface area is 143 Å². The van der Waals surface area contributed by atoms with E-state index in [2.05, 4.69) is 0 Å². The molecule has 2 heterocycles. The van der Waals surface area contributed by atoms with Gasteiger partial charge in [-0.2, -0.15) is 0 Å². The molecule has 1 saturated carbocycles. The highest BCUT2D eigenvalue weighted by molar-refractivity contribution is 7.99. The summed E-state index contributed by atoms with van der Waals surface area (Å²) in [5.41, 5.74) is 0. The van der Waals surface area contributed by atoms with Crippen LogP contribution in [0.3, 0.4) is 0 Å². The lowest BCUT2D eigenvalue weighted by Gasteiger charge is -2.31. The van der Waals surface area contributed by atoms with Crippen LogP contribution >= 0.6 is 11.8 Å². The van der Waals surface area contributed by atoms with Crippen molar-refractivity contribution < 1.29 is 14.3 Å². The van der Waals surface area contributed by atoms with Crippen LogP contribution in [-0.4, -0.2) is 65.6 Å². The van der Waals surface area contributed by atoms with Gasteiger partial charge in [-0.1, -0.05) is 12.8 Å². The Hall–Kier alpha value is -0.750. The molecule has 2 amide bonds. The predicted molar refractivity (Wildman–Crippen MR) is 91.1 cm³/mol. The number of hydrogen-bond acceptors (Lipinski definition) is 4. The van der Waals surface area contributed by atoms with Crippen molar-refractivity contribution in [3.05, 3.63) is 0 Å². The Morgan fingerprint density at radius 1 is 1.26 bits per heavy atom. The zero-order valence-corrected chi connectivity index (χ0v) is 14.9. The average Bonchev–Trinajstić information content (AvgIpc) is 3.33. The standard InChI is InChI=1S/C17H28N2O3S/c1-2-18(9-13-7-8-22-10-13)17(21)15-11-23-12-19(15)16(20)14-5-3-4-6-14/h13-15H,2-12H2,1H3. The van der Waals surface area contributed by atoms with Gasteiger partial charge in [0.2, 0.25) is 11.8 Å². The van der Waals surface area contributed by atoms with E-state index < -0.39 is 0 Å². The lowest BCUT2D eigenvalue weighted by molar-refractivity contribution is -0.145. The molecule has 0 aromatic rings. The average molecular weight is 340 g/mol. The minimum absolute atomic E-state index is 0.135. The minimum Gasteiger partial charge on any atom is -0.381 e. The number of amides is 2. The van der Waals surface area contributed by atoms with Gasteiger partial charge in [0.1, 0.15) is 6.04 Å². The monoisotopic (exact) mass is 340 g/mol. The fraction of sp³-hybridized carbons (Fsp3) is 0.882. The summed E-state index contributed by atoms with van der Waals surface area (Å²) in [7, 11) is 0. The van der Waals surface area contributed by atoms with E-state index in [9.17, 15) is 9.59 Å². The van der Waals surface area contributed by atoms with Crippen molar-refractivity contribution in [2.45, 2.75) is 45.1 Å². The van der Waals surface area contributed by atoms with E-state index in [-0.39, 0.29) is 23.8 Å². The number of thioether (sulfide) groups is 1. The molecular formula is C17H28N2O3S. The number of carbonyl (C=O) groups is 2. The van der Waals surface area contributed by atoms with Crippen molar-refractivity contribution in [3.8, 4) is 0 Å². The number of ether oxygens (including phenoxy) is 1. The van der Waals surface area contributed by atoms with Crippen LogP contribution in [-0.2, 0) is 14.3 Å². The van der Waals surface area contributed by atoms with Gasteiger partial charge in [-0.15, -0.1) is 11.8 Å². The van der Waals surface area contributed by atoms with E-state index in [0.717, 1.165) is 57.6 Å². The maximum atomic E-state index is 13.0. The van der Waals surface area contributed by atoms with Crippen LogP contribution in [0.5, 0.6) is 0 Å². The van der Waals surface area contributed by atoms with Crippen molar-refractivity contribution in [1.82, 2.24) is 9.80 Å². The highest BCUT2D eigenvalue weighted by Crippen LogP contribution is 2.31. The number of nitrogens with zero attached hydrogens (tertiary/aromatic N) is 2. The lowest BCUT2D eigenvalue weighted by Crippen LogP contribution is -2.51. The molecule has 0 spiro atoms. The third-order valence-electron chi connectivity index (χ3n) is 5.35. The highest BCUT2D eigenvalue weighted by Gasteiger charge is 2.40. The topological polar surface area (TPSA) is 49.9 Å². The second-order valence-electron chi connectivity index (χ2n) is 6.91. The maximum absolute atomic E-state index is 13.0. The molecule has 6 heteroatoms. The van der Waals surface area contributed by atoms with Gasteiger partial charge in [-0.05, 0) is 26.2 Å². The molecule has 3 rings (SSSR count). The number of carbonyl (C=O) groups excluding carboxylic acids is 2. The van der Waals surface area contributed by atoms with Gasteiger partial charge in [0, 0.05) is 37.3 Å². The summed E-state index contributed by atoms with van der Waals surface area (Å²) in [6, 6.07) is -0.254. The largest absolute Gasteiger partial charge is 0.381 e. The van der Waals surface area contributed by atoms with Crippen LogP contribution in [0.4, 0.5) is 0 Å². The van der Waals surface area contributed by atoms with Gasteiger partial charge < -0.3 is 14.5 Å². The predicted octanol–water partition coefficient (Wildman–Crippen LogP) is 1.96. The molecule has 0 bridgehead atoms. The molecule has 2 atom stereocenters. The molecule has 1 aliphatic carbocycles. The summed E-state index contributed by atoms with van der Waals surface area (Å²) >= 11 is 1.71. The van der Waals surface area contributed by atoms with Crippen molar-refractivity contribution >= 4 is 23.6 Å². The molecule has 2 aliphatic heterocycles. The van der Waals surface area contributed by atoms with Crippen molar-refractivity contribution in [2.75, 3.05) is 37.9 Å². The molecule has 0 aromatic carbocycles. The zero-order chi connectivity index (χ0) is 16.2. The molecule has 3 fully saturated rings. The molecular weight excluding hydrogens is 312 g/mol. The van der Waals surface area contributed by atoms with Crippen LogP contribution in [0, 0.1) is 11.8 Å². The number of likely N-dealkylation sites (N-methyl/N-ethyl adjacent to an activating group) is 1. The smallest absolute Gasteiger partial charge is 0.246 e. The second kappa shape index (κ2) is 7.88. The minimum atomic E-state index is -0.254. The quantitative estimate of drug-likeness (QED) is 0.768. The Kier molecular flexibility index (Phi) is 5.85. The first-order valence-corrected chi connectivity index (χ1v) is 10.1. The van der Waals surface area contributed by atoms with Crippen molar-refractivity contribution in [3.63, 3.8) is 0 Å². The van der Waals surface area contributed by atoms with E-state index in [1.165, 1.54) is 0 Å². The first kappa shape index (κ1) is 17.1. The molecule has 2 saturated heterocycles. The summed E-state index contributed by atoms with van der Waals surface area (Å²) < 4.78 is 5.43. The summed E-state index contributed by atoms with van der Waals surface area (Å²) in [5.74, 6) is 2.38. The Morgan fingerprint density at radius 3 is 2.70 bits per heavy atom. The molecule has 0 aromatic heterocycles. The Balaban J connectivity index is 1.62. The molecule has 3 aliphatic rings. The normalized spacial score (nSPS) is 28.5. The second-order valence-corrected chi connectivity index (χ2v) is 7.91. The van der Waals surface area contributed by atoms with Crippen LogP contribution in [0.1, 0.15) is 39.0 Å².